The molecule has 1 heterocycles. The Hall–Kier alpha value is -1.30. The summed E-state index contributed by atoms with van der Waals surface area (Å²) < 4.78 is 37.6. The van der Waals surface area contributed by atoms with Crippen LogP contribution in [0.15, 0.2) is 30.5 Å². The van der Waals surface area contributed by atoms with Crippen LogP contribution in [0.25, 0.3) is 0 Å². The molecule has 0 aliphatic rings. The van der Waals surface area contributed by atoms with Crippen molar-refractivity contribution < 1.29 is 18.0 Å². The number of Topliss-reactive ketones (excluding diaryl/α,β-unsaturated/α-hetero) is 1. The number of halogens is 6. The molecule has 0 spiro atoms. The fraction of sp³-hybridized carbons (Fsp3) is 0.200. The van der Waals surface area contributed by atoms with Crippen molar-refractivity contribution >= 4 is 40.6 Å². The molecule has 23 heavy (non-hydrogen) atoms. The lowest BCUT2D eigenvalue weighted by atomic mass is 10.0. The lowest BCUT2D eigenvalue weighted by Gasteiger charge is -2.09. The summed E-state index contributed by atoms with van der Waals surface area (Å²) in [6, 6.07) is 5.46. The van der Waals surface area contributed by atoms with Gasteiger partial charge in [-0.2, -0.15) is 13.2 Å². The molecule has 0 fully saturated rings. The van der Waals surface area contributed by atoms with Gasteiger partial charge in [-0.1, -0.05) is 40.9 Å². The highest BCUT2D eigenvalue weighted by molar-refractivity contribution is 6.39. The van der Waals surface area contributed by atoms with Crippen LogP contribution in [0.5, 0.6) is 0 Å². The van der Waals surface area contributed by atoms with Crippen molar-refractivity contribution in [1.29, 1.82) is 0 Å². The Morgan fingerprint density at radius 2 is 1.70 bits per heavy atom. The smallest absolute Gasteiger partial charge is 0.294 e. The van der Waals surface area contributed by atoms with Crippen LogP contribution < -0.4 is 0 Å². The molecule has 0 aliphatic carbocycles. The monoisotopic (exact) mass is 381 g/mol. The number of rotatable bonds is 4. The number of carbonyl (C=O) groups excluding carboxylic acids is 1. The number of hydrogen-bond donors (Lipinski definition) is 0. The molecule has 1 aromatic carbocycles. The molecule has 0 N–H and O–H groups in total. The van der Waals surface area contributed by atoms with Gasteiger partial charge >= 0.3 is 6.18 Å². The van der Waals surface area contributed by atoms with Crippen LogP contribution in [0.3, 0.4) is 0 Å². The molecular weight excluding hydrogens is 374 g/mol. The summed E-state index contributed by atoms with van der Waals surface area (Å²) in [6.45, 7) is 0. The molecule has 0 saturated carbocycles. The number of nitrogens with zero attached hydrogens (tertiary/aromatic N) is 1. The summed E-state index contributed by atoms with van der Waals surface area (Å²) in [6.07, 6.45) is -3.77. The zero-order valence-electron chi connectivity index (χ0n) is 11.4. The molecule has 2 nitrogen and oxygen atoms in total. The third kappa shape index (κ3) is 4.37. The number of ketones is 1. The summed E-state index contributed by atoms with van der Waals surface area (Å²) in [5.41, 5.74) is -0.554. The highest BCUT2D eigenvalue weighted by Crippen LogP contribution is 2.31. The number of carbonyl (C=O) groups is 1. The van der Waals surface area contributed by atoms with Crippen molar-refractivity contribution in [2.45, 2.75) is 19.0 Å². The van der Waals surface area contributed by atoms with E-state index in [1.807, 2.05) is 0 Å². The van der Waals surface area contributed by atoms with Crippen LogP contribution in [0, 0.1) is 0 Å². The van der Waals surface area contributed by atoms with Gasteiger partial charge in [0.1, 0.15) is 0 Å². The molecular formula is C15H9Cl3F3NO. The molecule has 1 aromatic heterocycles. The van der Waals surface area contributed by atoms with Crippen LogP contribution >= 0.6 is 34.8 Å². The Labute approximate surface area is 145 Å². The fourth-order valence-electron chi connectivity index (χ4n) is 1.93. The van der Waals surface area contributed by atoms with Gasteiger partial charge in [0.05, 0.1) is 31.9 Å². The minimum Gasteiger partial charge on any atom is -0.294 e. The van der Waals surface area contributed by atoms with Crippen molar-refractivity contribution in [3.63, 3.8) is 0 Å². The topological polar surface area (TPSA) is 30.0 Å². The maximum atomic E-state index is 12.5. The van der Waals surface area contributed by atoms with Gasteiger partial charge in [0.25, 0.3) is 0 Å². The van der Waals surface area contributed by atoms with E-state index >= 15 is 0 Å². The Balaban J connectivity index is 2.14. The molecule has 0 amide bonds. The molecule has 2 aromatic rings. The standard InChI is InChI=1S/C15H9Cl3F3NO/c16-9-2-1-3-10(17)14(9)13(23)5-4-12-11(18)6-8(7-22-12)15(19,20)21/h1-3,6-7H,4-5H2. The van der Waals surface area contributed by atoms with Crippen LogP contribution in [0.1, 0.15) is 28.0 Å². The van der Waals surface area contributed by atoms with Gasteiger partial charge in [-0.25, -0.2) is 0 Å². The first kappa shape index (κ1) is 18.0. The highest BCUT2D eigenvalue weighted by atomic mass is 35.5. The SMILES string of the molecule is O=C(CCc1ncc(C(F)(F)F)cc1Cl)c1c(Cl)cccc1Cl. The lowest BCUT2D eigenvalue weighted by molar-refractivity contribution is -0.137. The second-order valence-electron chi connectivity index (χ2n) is 4.67. The maximum absolute atomic E-state index is 12.5. The molecule has 0 bridgehead atoms. The third-order valence-corrected chi connectivity index (χ3v) is 4.03. The van der Waals surface area contributed by atoms with Crippen molar-refractivity contribution in [2.75, 3.05) is 0 Å². The average Bonchev–Trinajstić information content (AvgIpc) is 2.44. The second kappa shape index (κ2) is 7.07. The normalized spacial score (nSPS) is 11.6. The number of aromatic nitrogens is 1. The van der Waals surface area contributed by atoms with Gasteiger partial charge < -0.3 is 0 Å². The first-order valence-corrected chi connectivity index (χ1v) is 7.52. The van der Waals surface area contributed by atoms with Crippen molar-refractivity contribution in [3.8, 4) is 0 Å². The quantitative estimate of drug-likeness (QED) is 0.618. The van der Waals surface area contributed by atoms with Gasteiger partial charge in [-0.05, 0) is 24.6 Å². The van der Waals surface area contributed by atoms with Gasteiger partial charge in [0.15, 0.2) is 5.78 Å². The number of pyridine rings is 1. The molecule has 8 heteroatoms. The van der Waals surface area contributed by atoms with Crippen molar-refractivity contribution in [3.05, 3.63) is 62.4 Å². The van der Waals surface area contributed by atoms with E-state index in [9.17, 15) is 18.0 Å². The second-order valence-corrected chi connectivity index (χ2v) is 5.89. The first-order chi connectivity index (χ1) is 10.7. The van der Waals surface area contributed by atoms with E-state index in [4.69, 9.17) is 34.8 Å². The Morgan fingerprint density at radius 3 is 2.22 bits per heavy atom. The molecule has 0 saturated heterocycles. The lowest BCUT2D eigenvalue weighted by Crippen LogP contribution is -2.08. The van der Waals surface area contributed by atoms with Gasteiger partial charge in [0.2, 0.25) is 0 Å². The van der Waals surface area contributed by atoms with E-state index in [-0.39, 0.29) is 45.0 Å². The zero-order chi connectivity index (χ0) is 17.2. The van der Waals surface area contributed by atoms with E-state index in [1.165, 1.54) is 12.1 Å². The van der Waals surface area contributed by atoms with E-state index < -0.39 is 11.7 Å². The number of alkyl halides is 3. The largest absolute Gasteiger partial charge is 0.417 e. The molecule has 0 aliphatic heterocycles. The van der Waals surface area contributed by atoms with Crippen molar-refractivity contribution in [1.82, 2.24) is 4.98 Å². The molecule has 122 valence electrons. The van der Waals surface area contributed by atoms with Crippen LogP contribution in [-0.2, 0) is 12.6 Å². The zero-order valence-corrected chi connectivity index (χ0v) is 13.7. The third-order valence-electron chi connectivity index (χ3n) is 3.08. The summed E-state index contributed by atoms with van der Waals surface area (Å²) in [5, 5.41) is 0.292. The summed E-state index contributed by atoms with van der Waals surface area (Å²) in [7, 11) is 0. The minimum absolute atomic E-state index is 0.0263. The van der Waals surface area contributed by atoms with Gasteiger partial charge in [-0.3, -0.25) is 9.78 Å². The maximum Gasteiger partial charge on any atom is 0.417 e. The van der Waals surface area contributed by atoms with Crippen LogP contribution in [-0.4, -0.2) is 10.8 Å². The van der Waals surface area contributed by atoms with Gasteiger partial charge in [0, 0.05) is 12.6 Å². The van der Waals surface area contributed by atoms with Crippen LogP contribution in [0.2, 0.25) is 15.1 Å². The average molecular weight is 383 g/mol. The van der Waals surface area contributed by atoms with E-state index in [2.05, 4.69) is 4.98 Å². The van der Waals surface area contributed by atoms with E-state index in [0.29, 0.717) is 6.20 Å². The number of hydrogen-bond acceptors (Lipinski definition) is 2. The Morgan fingerprint density at radius 1 is 1.09 bits per heavy atom. The Bertz CT molecular complexity index is 727. The molecule has 0 atom stereocenters. The van der Waals surface area contributed by atoms with Crippen LogP contribution in [0.4, 0.5) is 13.2 Å². The Kier molecular flexibility index (Phi) is 5.55. The molecule has 0 unspecified atom stereocenters. The molecule has 2 rings (SSSR count). The predicted octanol–water partition coefficient (Wildman–Crippen LogP) is 5.88. The van der Waals surface area contributed by atoms with E-state index in [1.54, 1.807) is 6.07 Å². The first-order valence-electron chi connectivity index (χ1n) is 6.39. The minimum atomic E-state index is -4.52. The summed E-state index contributed by atoms with van der Waals surface area (Å²) in [5.74, 6) is -0.335. The fourth-order valence-corrected chi connectivity index (χ4v) is 2.80. The summed E-state index contributed by atoms with van der Waals surface area (Å²) in [4.78, 5) is 15.9. The highest BCUT2D eigenvalue weighted by Gasteiger charge is 2.31. The van der Waals surface area contributed by atoms with Gasteiger partial charge in [-0.15, -0.1) is 0 Å². The summed E-state index contributed by atoms with van der Waals surface area (Å²) >= 11 is 17.7. The molecule has 0 radical (unpaired) electrons. The number of benzene rings is 1. The van der Waals surface area contributed by atoms with E-state index in [0.717, 1.165) is 6.07 Å². The number of aryl methyl sites for hydroxylation is 1. The predicted molar refractivity (Wildman–Crippen MR) is 83.4 cm³/mol. The van der Waals surface area contributed by atoms with Crippen molar-refractivity contribution in [2.24, 2.45) is 0 Å².